The van der Waals surface area contributed by atoms with Crippen LogP contribution in [-0.2, 0) is 6.54 Å². The molecule has 66 valence electrons. The third-order valence-electron chi connectivity index (χ3n) is 1.79. The predicted octanol–water partition coefficient (Wildman–Crippen LogP) is 2.11. The van der Waals surface area contributed by atoms with Gasteiger partial charge in [-0.05, 0) is 18.6 Å². The lowest BCUT2D eigenvalue weighted by Crippen LogP contribution is -2.00. The molecule has 0 saturated carbocycles. The molecule has 0 unspecified atom stereocenters. The molecule has 0 bridgehead atoms. The molecule has 0 spiro atoms. The van der Waals surface area contributed by atoms with Crippen molar-refractivity contribution in [1.82, 2.24) is 0 Å². The summed E-state index contributed by atoms with van der Waals surface area (Å²) in [7, 11) is 0. The standard InChI is InChI=1S/C10H9NO2/c1-7-3-4-8(6-11-2)5-9(7)10(12)13/h3-5H,6H2,1H3,(H,12,13). The van der Waals surface area contributed by atoms with Gasteiger partial charge in [-0.15, -0.1) is 0 Å². The summed E-state index contributed by atoms with van der Waals surface area (Å²) in [6.07, 6.45) is 0. The molecule has 1 aromatic carbocycles. The largest absolute Gasteiger partial charge is 0.478 e. The van der Waals surface area contributed by atoms with Crippen molar-refractivity contribution in [3.8, 4) is 0 Å². The van der Waals surface area contributed by atoms with Crippen LogP contribution >= 0.6 is 0 Å². The van der Waals surface area contributed by atoms with E-state index >= 15 is 0 Å². The summed E-state index contributed by atoms with van der Waals surface area (Å²) in [5.41, 5.74) is 1.75. The summed E-state index contributed by atoms with van der Waals surface area (Å²) in [5, 5.41) is 8.78. The number of rotatable bonds is 2. The molecule has 0 heterocycles. The Morgan fingerprint density at radius 2 is 2.31 bits per heavy atom. The SMILES string of the molecule is [C-]#[N+]Cc1ccc(C)c(C(=O)O)c1. The van der Waals surface area contributed by atoms with E-state index in [2.05, 4.69) is 4.85 Å². The Kier molecular flexibility index (Phi) is 2.65. The van der Waals surface area contributed by atoms with E-state index in [1.807, 2.05) is 0 Å². The van der Waals surface area contributed by atoms with Gasteiger partial charge in [-0.2, -0.15) is 0 Å². The molecule has 0 fully saturated rings. The predicted molar refractivity (Wildman–Crippen MR) is 48.4 cm³/mol. The molecule has 0 aromatic heterocycles. The molecule has 1 N–H and O–H groups in total. The Labute approximate surface area is 76.4 Å². The first-order valence-corrected chi connectivity index (χ1v) is 3.81. The maximum atomic E-state index is 10.7. The van der Waals surface area contributed by atoms with Crippen molar-refractivity contribution < 1.29 is 9.90 Å². The number of carbonyl (C=O) groups is 1. The zero-order chi connectivity index (χ0) is 9.84. The second kappa shape index (κ2) is 3.72. The van der Waals surface area contributed by atoms with Gasteiger partial charge in [0.15, 0.2) is 0 Å². The number of hydrogen-bond acceptors (Lipinski definition) is 1. The van der Waals surface area contributed by atoms with Crippen LogP contribution in [-0.4, -0.2) is 11.1 Å². The van der Waals surface area contributed by atoms with Gasteiger partial charge in [0.05, 0.1) is 5.56 Å². The van der Waals surface area contributed by atoms with Crippen LogP contribution in [0.25, 0.3) is 4.85 Å². The molecule has 3 nitrogen and oxygen atoms in total. The maximum Gasteiger partial charge on any atom is 0.335 e. The average molecular weight is 175 g/mol. The van der Waals surface area contributed by atoms with Crippen molar-refractivity contribution >= 4 is 5.97 Å². The van der Waals surface area contributed by atoms with Crippen molar-refractivity contribution in [3.05, 3.63) is 46.3 Å². The van der Waals surface area contributed by atoms with Gasteiger partial charge in [0.1, 0.15) is 0 Å². The topological polar surface area (TPSA) is 41.7 Å². The number of aromatic carboxylic acids is 1. The molecular formula is C10H9NO2. The van der Waals surface area contributed by atoms with Crippen LogP contribution in [0.5, 0.6) is 0 Å². The summed E-state index contributed by atoms with van der Waals surface area (Å²) in [4.78, 5) is 13.9. The van der Waals surface area contributed by atoms with E-state index in [0.29, 0.717) is 0 Å². The number of carboxylic acids is 1. The van der Waals surface area contributed by atoms with Gasteiger partial charge >= 0.3 is 5.97 Å². The first-order valence-electron chi connectivity index (χ1n) is 3.81. The summed E-state index contributed by atoms with van der Waals surface area (Å²) < 4.78 is 0. The zero-order valence-electron chi connectivity index (χ0n) is 7.24. The van der Waals surface area contributed by atoms with Crippen LogP contribution in [0.3, 0.4) is 0 Å². The highest BCUT2D eigenvalue weighted by molar-refractivity contribution is 5.89. The lowest BCUT2D eigenvalue weighted by Gasteiger charge is -2.00. The van der Waals surface area contributed by atoms with E-state index in [-0.39, 0.29) is 12.1 Å². The average Bonchev–Trinajstić information content (AvgIpc) is 2.08. The van der Waals surface area contributed by atoms with Gasteiger partial charge in [0, 0.05) is 5.56 Å². The van der Waals surface area contributed by atoms with E-state index < -0.39 is 5.97 Å². The van der Waals surface area contributed by atoms with Crippen molar-refractivity contribution in [1.29, 1.82) is 0 Å². The van der Waals surface area contributed by atoms with Crippen LogP contribution in [0, 0.1) is 13.5 Å². The molecule has 0 aliphatic rings. The lowest BCUT2D eigenvalue weighted by molar-refractivity contribution is 0.0696. The minimum atomic E-state index is -0.940. The smallest absolute Gasteiger partial charge is 0.335 e. The molecule has 0 radical (unpaired) electrons. The number of nitrogens with zero attached hydrogens (tertiary/aromatic N) is 1. The van der Waals surface area contributed by atoms with Crippen LogP contribution < -0.4 is 0 Å². The van der Waals surface area contributed by atoms with Gasteiger partial charge in [-0.1, -0.05) is 12.1 Å². The second-order valence-corrected chi connectivity index (χ2v) is 2.77. The monoisotopic (exact) mass is 175 g/mol. The summed E-state index contributed by atoms with van der Waals surface area (Å²) in [6, 6.07) is 5.06. The van der Waals surface area contributed by atoms with E-state index in [1.54, 1.807) is 25.1 Å². The first-order chi connectivity index (χ1) is 6.15. The third-order valence-corrected chi connectivity index (χ3v) is 1.79. The zero-order valence-corrected chi connectivity index (χ0v) is 7.24. The Hall–Kier alpha value is -1.82. The number of hydrogen-bond donors (Lipinski definition) is 1. The van der Waals surface area contributed by atoms with Crippen molar-refractivity contribution in [2.45, 2.75) is 13.5 Å². The molecular weight excluding hydrogens is 166 g/mol. The van der Waals surface area contributed by atoms with E-state index in [1.165, 1.54) is 0 Å². The van der Waals surface area contributed by atoms with E-state index in [4.69, 9.17) is 11.7 Å². The lowest BCUT2D eigenvalue weighted by atomic mass is 10.1. The summed E-state index contributed by atoms with van der Waals surface area (Å²) in [5.74, 6) is -0.940. The van der Waals surface area contributed by atoms with Gasteiger partial charge < -0.3 is 9.95 Å². The normalized spacial score (nSPS) is 9.23. The van der Waals surface area contributed by atoms with Crippen LogP contribution in [0.4, 0.5) is 0 Å². The molecule has 0 saturated heterocycles. The highest BCUT2D eigenvalue weighted by atomic mass is 16.4. The van der Waals surface area contributed by atoms with Gasteiger partial charge in [0.2, 0.25) is 6.54 Å². The Bertz CT molecular complexity index is 377. The van der Waals surface area contributed by atoms with Gasteiger partial charge in [-0.25, -0.2) is 11.4 Å². The quantitative estimate of drug-likeness (QED) is 0.699. The van der Waals surface area contributed by atoms with Crippen molar-refractivity contribution in [2.75, 3.05) is 0 Å². The Morgan fingerprint density at radius 1 is 1.62 bits per heavy atom. The first kappa shape index (κ1) is 9.27. The molecule has 1 rings (SSSR count). The molecule has 13 heavy (non-hydrogen) atoms. The molecule has 0 atom stereocenters. The number of carboxylic acid groups (broad SMARTS) is 1. The molecule has 0 aliphatic carbocycles. The highest BCUT2D eigenvalue weighted by Gasteiger charge is 2.08. The van der Waals surface area contributed by atoms with Gasteiger partial charge in [-0.3, -0.25) is 0 Å². The van der Waals surface area contributed by atoms with Crippen LogP contribution in [0.1, 0.15) is 21.5 Å². The van der Waals surface area contributed by atoms with Gasteiger partial charge in [0.25, 0.3) is 0 Å². The molecule has 0 aliphatic heterocycles. The highest BCUT2D eigenvalue weighted by Crippen LogP contribution is 2.11. The molecule has 1 aromatic rings. The number of aryl methyl sites for hydroxylation is 1. The number of benzene rings is 1. The Morgan fingerprint density at radius 3 is 2.85 bits per heavy atom. The fourth-order valence-corrected chi connectivity index (χ4v) is 1.09. The van der Waals surface area contributed by atoms with E-state index in [9.17, 15) is 4.79 Å². The third kappa shape index (κ3) is 2.06. The molecule has 3 heteroatoms. The minimum Gasteiger partial charge on any atom is -0.478 e. The summed E-state index contributed by atoms with van der Waals surface area (Å²) in [6.45, 7) is 8.63. The summed E-state index contributed by atoms with van der Waals surface area (Å²) >= 11 is 0. The van der Waals surface area contributed by atoms with Crippen LogP contribution in [0.2, 0.25) is 0 Å². The van der Waals surface area contributed by atoms with E-state index in [0.717, 1.165) is 11.1 Å². The minimum absolute atomic E-state index is 0.237. The fourth-order valence-electron chi connectivity index (χ4n) is 1.09. The maximum absolute atomic E-state index is 10.7. The second-order valence-electron chi connectivity index (χ2n) is 2.77. The van der Waals surface area contributed by atoms with Crippen molar-refractivity contribution in [2.24, 2.45) is 0 Å². The van der Waals surface area contributed by atoms with Crippen molar-refractivity contribution in [3.63, 3.8) is 0 Å². The fraction of sp³-hybridized carbons (Fsp3) is 0.200. The Balaban J connectivity index is 3.13. The van der Waals surface area contributed by atoms with Crippen LogP contribution in [0.15, 0.2) is 18.2 Å². The molecule has 0 amide bonds.